The average Bonchev–Trinajstić information content (AvgIpc) is 3.00. The summed E-state index contributed by atoms with van der Waals surface area (Å²) >= 11 is 1.64. The number of allylic oxidation sites excluding steroid dienone is 1. The molecule has 0 aliphatic rings. The van der Waals surface area contributed by atoms with Crippen LogP contribution >= 0.6 is 11.8 Å². The van der Waals surface area contributed by atoms with Crippen molar-refractivity contribution in [1.82, 2.24) is 9.55 Å². The van der Waals surface area contributed by atoms with Crippen LogP contribution in [-0.4, -0.2) is 15.3 Å². The molecule has 4 nitrogen and oxygen atoms in total. The minimum Gasteiger partial charge on any atom is -0.348 e. The van der Waals surface area contributed by atoms with E-state index in [1.54, 1.807) is 35.0 Å². The van der Waals surface area contributed by atoms with E-state index < -0.39 is 0 Å². The predicted molar refractivity (Wildman–Crippen MR) is 83.9 cm³/mol. The minimum atomic E-state index is 0.560. The van der Waals surface area contributed by atoms with Crippen LogP contribution in [0.5, 0.6) is 0 Å². The predicted octanol–water partition coefficient (Wildman–Crippen LogP) is 3.79. The average molecular weight is 284 g/mol. The molecular weight excluding hydrogens is 268 g/mol. The number of benzene rings is 1. The van der Waals surface area contributed by atoms with Crippen LogP contribution in [0.15, 0.2) is 54.1 Å². The van der Waals surface area contributed by atoms with E-state index in [2.05, 4.69) is 23.3 Å². The Kier molecular flexibility index (Phi) is 5.27. The Bertz CT molecular complexity index is 597. The highest BCUT2D eigenvalue weighted by Gasteiger charge is 2.09. The quantitative estimate of drug-likeness (QED) is 0.820. The van der Waals surface area contributed by atoms with Gasteiger partial charge in [0.2, 0.25) is 0 Å². The lowest BCUT2D eigenvalue weighted by Crippen LogP contribution is -2.04. The molecule has 1 heterocycles. The Morgan fingerprint density at radius 2 is 2.20 bits per heavy atom. The molecule has 0 saturated heterocycles. The van der Waals surface area contributed by atoms with Crippen molar-refractivity contribution >= 4 is 23.1 Å². The lowest BCUT2D eigenvalue weighted by atomic mass is 10.3. The Morgan fingerprint density at radius 1 is 1.40 bits per heavy atom. The molecule has 2 rings (SSSR count). The number of thioether (sulfide) groups is 1. The molecule has 1 aromatic carbocycles. The van der Waals surface area contributed by atoms with E-state index in [0.717, 1.165) is 22.9 Å². The maximum absolute atomic E-state index is 9.44. The molecule has 0 aliphatic carbocycles. The summed E-state index contributed by atoms with van der Waals surface area (Å²) in [5.74, 6) is 0.953. The topological polar surface area (TPSA) is 53.6 Å². The lowest BCUT2D eigenvalue weighted by molar-refractivity contribution is 1.09. The maximum atomic E-state index is 9.44. The van der Waals surface area contributed by atoms with Gasteiger partial charge in [0.15, 0.2) is 5.70 Å². The second-order valence-corrected chi connectivity index (χ2v) is 5.20. The molecule has 1 N–H and O–H groups in total. The normalized spacial score (nSPS) is 11.6. The molecule has 1 aromatic heterocycles. The van der Waals surface area contributed by atoms with Gasteiger partial charge in [-0.2, -0.15) is 5.26 Å². The van der Waals surface area contributed by atoms with Gasteiger partial charge in [-0.3, -0.25) is 4.57 Å². The van der Waals surface area contributed by atoms with Crippen molar-refractivity contribution in [3.63, 3.8) is 0 Å². The van der Waals surface area contributed by atoms with Crippen LogP contribution < -0.4 is 5.32 Å². The van der Waals surface area contributed by atoms with Gasteiger partial charge in [0, 0.05) is 18.1 Å². The minimum absolute atomic E-state index is 0.560. The Morgan fingerprint density at radius 3 is 2.80 bits per heavy atom. The third-order valence-corrected chi connectivity index (χ3v) is 3.76. The van der Waals surface area contributed by atoms with Gasteiger partial charge in [-0.05, 0) is 24.3 Å². The molecule has 20 heavy (non-hydrogen) atoms. The summed E-state index contributed by atoms with van der Waals surface area (Å²) in [5, 5.41) is 13.6. The van der Waals surface area contributed by atoms with E-state index in [1.807, 2.05) is 30.3 Å². The highest BCUT2D eigenvalue weighted by Crippen LogP contribution is 2.25. The van der Waals surface area contributed by atoms with Crippen LogP contribution in [0.3, 0.4) is 0 Å². The largest absolute Gasteiger partial charge is 0.348 e. The first-order chi connectivity index (χ1) is 9.85. The molecule has 2 aromatic rings. The van der Waals surface area contributed by atoms with Crippen LogP contribution in [-0.2, 0) is 0 Å². The smallest absolute Gasteiger partial charge is 0.156 e. The molecule has 102 valence electrons. The molecule has 0 spiro atoms. The number of nitrogens with zero attached hydrogens (tertiary/aromatic N) is 3. The van der Waals surface area contributed by atoms with Crippen molar-refractivity contribution in [3.05, 3.63) is 54.1 Å². The van der Waals surface area contributed by atoms with Gasteiger partial charge in [0.1, 0.15) is 11.1 Å². The van der Waals surface area contributed by atoms with E-state index in [1.165, 1.54) is 0 Å². The van der Waals surface area contributed by atoms with Gasteiger partial charge in [0.05, 0.1) is 6.33 Å². The van der Waals surface area contributed by atoms with Crippen molar-refractivity contribution in [2.45, 2.75) is 13.3 Å². The fourth-order valence-electron chi connectivity index (χ4n) is 1.64. The summed E-state index contributed by atoms with van der Waals surface area (Å²) in [6.07, 6.45) is 6.13. The summed E-state index contributed by atoms with van der Waals surface area (Å²) in [5.41, 5.74) is 1.53. The van der Waals surface area contributed by atoms with Crippen molar-refractivity contribution < 1.29 is 0 Å². The van der Waals surface area contributed by atoms with E-state index in [0.29, 0.717) is 5.70 Å². The van der Waals surface area contributed by atoms with E-state index in [-0.39, 0.29) is 0 Å². The second-order valence-electron chi connectivity index (χ2n) is 4.10. The number of nitriles is 1. The molecule has 5 heteroatoms. The zero-order chi connectivity index (χ0) is 14.2. The first kappa shape index (κ1) is 14.2. The number of hydrogen-bond acceptors (Lipinski definition) is 4. The maximum Gasteiger partial charge on any atom is 0.156 e. The monoisotopic (exact) mass is 284 g/mol. The van der Waals surface area contributed by atoms with Crippen LogP contribution in [0.25, 0.3) is 5.70 Å². The fourth-order valence-corrected chi connectivity index (χ4v) is 2.52. The van der Waals surface area contributed by atoms with Crippen molar-refractivity contribution in [2.75, 3.05) is 11.1 Å². The number of imidazole rings is 1. The zero-order valence-corrected chi connectivity index (χ0v) is 12.1. The van der Waals surface area contributed by atoms with Gasteiger partial charge in [0.25, 0.3) is 0 Å². The van der Waals surface area contributed by atoms with Crippen molar-refractivity contribution in [3.8, 4) is 6.07 Å². The summed E-state index contributed by atoms with van der Waals surface area (Å²) in [4.78, 5) is 4.00. The van der Waals surface area contributed by atoms with Crippen LogP contribution in [0.4, 0.5) is 5.69 Å². The number of hydrogen-bond donors (Lipinski definition) is 1. The lowest BCUT2D eigenvalue weighted by Gasteiger charge is -2.13. The first-order valence-electron chi connectivity index (χ1n) is 6.42. The van der Waals surface area contributed by atoms with Crippen LogP contribution in [0, 0.1) is 11.3 Å². The van der Waals surface area contributed by atoms with Crippen molar-refractivity contribution in [1.29, 1.82) is 5.26 Å². The third-order valence-electron chi connectivity index (χ3n) is 2.57. The van der Waals surface area contributed by atoms with Gasteiger partial charge in [-0.1, -0.05) is 25.1 Å². The number of nitrogens with one attached hydrogen (secondary N) is 1. The number of anilines is 1. The number of rotatable bonds is 6. The highest BCUT2D eigenvalue weighted by atomic mass is 32.2. The molecule has 0 fully saturated rings. The summed E-state index contributed by atoms with van der Waals surface area (Å²) in [6, 6.07) is 12.1. The summed E-state index contributed by atoms with van der Waals surface area (Å²) in [6.45, 7) is 2.12. The molecule has 0 atom stereocenters. The highest BCUT2D eigenvalue weighted by molar-refractivity contribution is 8.03. The van der Waals surface area contributed by atoms with Gasteiger partial charge < -0.3 is 5.32 Å². The second kappa shape index (κ2) is 7.41. The van der Waals surface area contributed by atoms with Gasteiger partial charge in [-0.15, -0.1) is 11.8 Å². The molecular formula is C15H16N4S. The van der Waals surface area contributed by atoms with Gasteiger partial charge in [-0.25, -0.2) is 4.98 Å². The number of para-hydroxylation sites is 1. The summed E-state index contributed by atoms with van der Waals surface area (Å²) in [7, 11) is 0. The standard InChI is InChI=1S/C15H16N4S/c1-2-10-20-15(18-13-6-4-3-5-7-13)14(11-16)19-9-8-17-12-19/h3-9,12,18H,2,10H2,1H3/b15-14-. The zero-order valence-electron chi connectivity index (χ0n) is 11.3. The Labute approximate surface area is 123 Å². The molecule has 0 radical (unpaired) electrons. The Balaban J connectivity index is 2.33. The fraction of sp³-hybridized carbons (Fsp3) is 0.200. The van der Waals surface area contributed by atoms with Crippen LogP contribution in [0.1, 0.15) is 13.3 Å². The van der Waals surface area contributed by atoms with E-state index >= 15 is 0 Å². The van der Waals surface area contributed by atoms with Gasteiger partial charge >= 0.3 is 0 Å². The molecule has 0 unspecified atom stereocenters. The SMILES string of the molecule is CCCS/C(Nc1ccccc1)=C(/C#N)n1ccnc1. The van der Waals surface area contributed by atoms with E-state index in [9.17, 15) is 5.26 Å². The van der Waals surface area contributed by atoms with E-state index in [4.69, 9.17) is 0 Å². The third kappa shape index (κ3) is 3.65. The van der Waals surface area contributed by atoms with Crippen molar-refractivity contribution in [2.24, 2.45) is 0 Å². The molecule has 0 bridgehead atoms. The molecule has 0 amide bonds. The Hall–Kier alpha value is -2.19. The van der Waals surface area contributed by atoms with Crippen LogP contribution in [0.2, 0.25) is 0 Å². The number of aromatic nitrogens is 2. The molecule has 0 saturated carbocycles. The summed E-state index contributed by atoms with van der Waals surface area (Å²) < 4.78 is 1.73. The molecule has 0 aliphatic heterocycles. The first-order valence-corrected chi connectivity index (χ1v) is 7.41.